The first kappa shape index (κ1) is 14.8. The minimum absolute atomic E-state index is 0.120. The van der Waals surface area contributed by atoms with E-state index in [0.29, 0.717) is 23.8 Å². The first-order valence-corrected chi connectivity index (χ1v) is 9.15. The summed E-state index contributed by atoms with van der Waals surface area (Å²) in [5, 5.41) is 9.85. The first-order valence-electron chi connectivity index (χ1n) is 6.58. The molecule has 3 rings (SSSR count). The van der Waals surface area contributed by atoms with Crippen molar-refractivity contribution in [3.05, 3.63) is 39.6 Å². The molecule has 8 heteroatoms. The number of hydrogen-bond acceptors (Lipinski definition) is 4. The van der Waals surface area contributed by atoms with Crippen LogP contribution in [0.5, 0.6) is 0 Å². The molecular weight excluding hydrogens is 403 g/mol. The molecule has 0 unspecified atom stereocenters. The van der Waals surface area contributed by atoms with Gasteiger partial charge in [0.15, 0.2) is 5.03 Å². The summed E-state index contributed by atoms with van der Waals surface area (Å²) in [6.07, 6.45) is 3.86. The van der Waals surface area contributed by atoms with E-state index in [9.17, 15) is 8.42 Å². The van der Waals surface area contributed by atoms with Gasteiger partial charge < -0.3 is 5.32 Å². The van der Waals surface area contributed by atoms with E-state index in [2.05, 4.69) is 42.8 Å². The van der Waals surface area contributed by atoms with Crippen LogP contribution < -0.4 is 10.0 Å². The SMILES string of the molecule is O=S(=O)(Nc1ccc(I)cc1)c1[nH]ncc1CNC1CC1. The second-order valence-electron chi connectivity index (χ2n) is 4.99. The monoisotopic (exact) mass is 418 g/mol. The summed E-state index contributed by atoms with van der Waals surface area (Å²) in [4.78, 5) is 0. The maximum atomic E-state index is 12.4. The molecule has 0 amide bonds. The van der Waals surface area contributed by atoms with Gasteiger partial charge in [0.1, 0.15) is 0 Å². The number of nitrogens with one attached hydrogen (secondary N) is 3. The highest BCUT2D eigenvalue weighted by atomic mass is 127. The number of nitrogens with zero attached hydrogens (tertiary/aromatic N) is 1. The molecule has 0 radical (unpaired) electrons. The van der Waals surface area contributed by atoms with Crippen LogP contribution in [0.2, 0.25) is 0 Å². The summed E-state index contributed by atoms with van der Waals surface area (Å²) in [7, 11) is -3.65. The van der Waals surface area contributed by atoms with E-state index in [1.807, 2.05) is 12.1 Å². The number of benzene rings is 1. The van der Waals surface area contributed by atoms with Gasteiger partial charge >= 0.3 is 0 Å². The Kier molecular flexibility index (Phi) is 4.18. The third-order valence-corrected chi connectivity index (χ3v) is 5.32. The highest BCUT2D eigenvalue weighted by Gasteiger charge is 2.24. The average molecular weight is 418 g/mol. The van der Waals surface area contributed by atoms with Crippen LogP contribution in [0.15, 0.2) is 35.5 Å². The van der Waals surface area contributed by atoms with Crippen molar-refractivity contribution in [2.75, 3.05) is 4.72 Å². The molecule has 6 nitrogen and oxygen atoms in total. The number of sulfonamides is 1. The Labute approximate surface area is 136 Å². The van der Waals surface area contributed by atoms with Crippen LogP contribution in [-0.4, -0.2) is 24.7 Å². The van der Waals surface area contributed by atoms with Crippen LogP contribution in [0.3, 0.4) is 0 Å². The van der Waals surface area contributed by atoms with Crippen LogP contribution in [0.4, 0.5) is 5.69 Å². The minimum Gasteiger partial charge on any atom is -0.310 e. The Bertz CT molecular complexity index is 723. The van der Waals surface area contributed by atoms with Crippen LogP contribution in [0.25, 0.3) is 0 Å². The van der Waals surface area contributed by atoms with Crippen LogP contribution in [0, 0.1) is 3.57 Å². The van der Waals surface area contributed by atoms with Gasteiger partial charge in [-0.1, -0.05) is 0 Å². The van der Waals surface area contributed by atoms with Gasteiger partial charge in [0.25, 0.3) is 10.0 Å². The number of aromatic nitrogens is 2. The topological polar surface area (TPSA) is 86.9 Å². The number of rotatable bonds is 6. The Morgan fingerprint density at radius 3 is 2.67 bits per heavy atom. The van der Waals surface area contributed by atoms with Crippen LogP contribution >= 0.6 is 22.6 Å². The second-order valence-corrected chi connectivity index (χ2v) is 7.86. The third-order valence-electron chi connectivity index (χ3n) is 3.20. The highest BCUT2D eigenvalue weighted by molar-refractivity contribution is 14.1. The van der Waals surface area contributed by atoms with Gasteiger partial charge in [-0.15, -0.1) is 0 Å². The van der Waals surface area contributed by atoms with Crippen molar-refractivity contribution in [1.82, 2.24) is 15.5 Å². The lowest BCUT2D eigenvalue weighted by Gasteiger charge is -2.09. The quantitative estimate of drug-likeness (QED) is 0.627. The van der Waals surface area contributed by atoms with Crippen LogP contribution in [-0.2, 0) is 16.6 Å². The third kappa shape index (κ3) is 3.74. The normalized spacial score (nSPS) is 15.1. The summed E-state index contributed by atoms with van der Waals surface area (Å²) >= 11 is 2.17. The smallest absolute Gasteiger partial charge is 0.279 e. The summed E-state index contributed by atoms with van der Waals surface area (Å²) in [5.74, 6) is 0. The summed E-state index contributed by atoms with van der Waals surface area (Å²) in [5.41, 5.74) is 1.19. The predicted molar refractivity (Wildman–Crippen MR) is 88.4 cm³/mol. The Morgan fingerprint density at radius 1 is 1.29 bits per heavy atom. The van der Waals surface area contributed by atoms with Gasteiger partial charge in [0.2, 0.25) is 0 Å². The molecule has 0 bridgehead atoms. The van der Waals surface area contributed by atoms with E-state index >= 15 is 0 Å². The first-order chi connectivity index (χ1) is 10.0. The maximum Gasteiger partial charge on any atom is 0.279 e. The molecule has 3 N–H and O–H groups in total. The van der Waals surface area contributed by atoms with E-state index in [1.165, 1.54) is 0 Å². The van der Waals surface area contributed by atoms with Gasteiger partial charge in [-0.3, -0.25) is 9.82 Å². The van der Waals surface area contributed by atoms with Crippen LogP contribution in [0.1, 0.15) is 18.4 Å². The molecule has 1 aromatic carbocycles. The van der Waals surface area contributed by atoms with E-state index in [0.717, 1.165) is 16.4 Å². The fraction of sp³-hybridized carbons (Fsp3) is 0.308. The number of anilines is 1. The highest BCUT2D eigenvalue weighted by Crippen LogP contribution is 2.22. The number of H-pyrrole nitrogens is 1. The van der Waals surface area contributed by atoms with Crippen molar-refractivity contribution < 1.29 is 8.42 Å². The molecule has 1 heterocycles. The summed E-state index contributed by atoms with van der Waals surface area (Å²) in [6.45, 7) is 0.504. The molecule has 0 aliphatic heterocycles. The lowest BCUT2D eigenvalue weighted by atomic mass is 10.3. The van der Waals surface area contributed by atoms with Gasteiger partial charge in [0.05, 0.1) is 6.20 Å². The average Bonchev–Trinajstić information content (AvgIpc) is 3.14. The van der Waals surface area contributed by atoms with Crippen molar-refractivity contribution >= 4 is 38.3 Å². The van der Waals surface area contributed by atoms with Gasteiger partial charge in [-0.25, -0.2) is 0 Å². The molecular formula is C13H15IN4O2S. The van der Waals surface area contributed by atoms with E-state index in [1.54, 1.807) is 18.3 Å². The van der Waals surface area contributed by atoms with E-state index < -0.39 is 10.0 Å². The lowest BCUT2D eigenvalue weighted by molar-refractivity contribution is 0.593. The van der Waals surface area contributed by atoms with Crippen molar-refractivity contribution in [2.24, 2.45) is 0 Å². The summed E-state index contributed by atoms with van der Waals surface area (Å²) in [6, 6.07) is 7.68. The fourth-order valence-corrected chi connectivity index (χ4v) is 3.47. The molecule has 1 saturated carbocycles. The number of aromatic amines is 1. The molecule has 21 heavy (non-hydrogen) atoms. The molecule has 0 spiro atoms. The summed E-state index contributed by atoms with van der Waals surface area (Å²) < 4.78 is 28.4. The molecule has 1 aliphatic carbocycles. The van der Waals surface area contributed by atoms with Crippen molar-refractivity contribution in [2.45, 2.75) is 30.5 Å². The maximum absolute atomic E-state index is 12.4. The molecule has 1 aromatic heterocycles. The van der Waals surface area contributed by atoms with Gasteiger partial charge in [-0.2, -0.15) is 13.5 Å². The molecule has 1 fully saturated rings. The predicted octanol–water partition coefficient (Wildman–Crippen LogP) is 2.07. The molecule has 0 saturated heterocycles. The van der Waals surface area contributed by atoms with Gasteiger partial charge in [0, 0.05) is 27.4 Å². The van der Waals surface area contributed by atoms with E-state index in [4.69, 9.17) is 0 Å². The fourth-order valence-electron chi connectivity index (χ4n) is 1.92. The van der Waals surface area contributed by atoms with Crippen molar-refractivity contribution in [3.8, 4) is 0 Å². The zero-order valence-electron chi connectivity index (χ0n) is 11.1. The van der Waals surface area contributed by atoms with Gasteiger partial charge in [-0.05, 0) is 59.7 Å². The standard InChI is InChI=1S/C13H15IN4O2S/c14-10-1-3-12(4-2-10)18-21(19,20)13-9(8-16-17-13)7-15-11-5-6-11/h1-4,8,11,15,18H,5-7H2,(H,16,17). The Morgan fingerprint density at radius 2 is 2.00 bits per heavy atom. The Hall–Kier alpha value is -1.13. The van der Waals surface area contributed by atoms with E-state index in [-0.39, 0.29) is 5.03 Å². The molecule has 2 aromatic rings. The van der Waals surface area contributed by atoms with Crippen molar-refractivity contribution in [1.29, 1.82) is 0 Å². The minimum atomic E-state index is -3.65. The van der Waals surface area contributed by atoms with Crippen molar-refractivity contribution in [3.63, 3.8) is 0 Å². The second kappa shape index (κ2) is 5.93. The molecule has 1 aliphatic rings. The molecule has 112 valence electrons. The number of hydrogen-bond donors (Lipinski definition) is 3. The lowest BCUT2D eigenvalue weighted by Crippen LogP contribution is -2.19. The number of halogens is 1. The largest absolute Gasteiger partial charge is 0.310 e. The molecule has 0 atom stereocenters. The zero-order valence-corrected chi connectivity index (χ0v) is 14.1. The Balaban J connectivity index is 1.77. The zero-order chi connectivity index (χ0) is 14.9.